The van der Waals surface area contributed by atoms with Crippen molar-refractivity contribution in [3.05, 3.63) is 59.7 Å². The van der Waals surface area contributed by atoms with Crippen molar-refractivity contribution in [1.29, 1.82) is 0 Å². The topological polar surface area (TPSA) is 115 Å². The summed E-state index contributed by atoms with van der Waals surface area (Å²) in [7, 11) is 0. The largest absolute Gasteiger partial charge is 0.508 e. The van der Waals surface area contributed by atoms with Crippen LogP contribution < -0.4 is 9.80 Å². The highest BCUT2D eigenvalue weighted by molar-refractivity contribution is 5.80. The van der Waals surface area contributed by atoms with Gasteiger partial charge in [-0.3, -0.25) is 4.79 Å². The van der Waals surface area contributed by atoms with E-state index in [0.717, 1.165) is 31.4 Å². The van der Waals surface area contributed by atoms with Gasteiger partial charge in [-0.25, -0.2) is 0 Å². The smallest absolute Gasteiger partial charge is 0.231 e. The lowest BCUT2D eigenvalue weighted by atomic mass is 9.93. The molecular weight excluding hydrogens is 496 g/mol. The van der Waals surface area contributed by atoms with E-state index >= 15 is 0 Å². The first kappa shape index (κ1) is 25.5. The molecule has 3 aliphatic rings. The molecule has 1 aromatic heterocycles. The fraction of sp³-hybridized carbons (Fsp3) is 0.448. The summed E-state index contributed by atoms with van der Waals surface area (Å²) >= 11 is 0. The molecule has 1 amide bonds. The molecule has 10 heteroatoms. The number of carbonyl (C=O) groups is 1. The highest BCUT2D eigenvalue weighted by Crippen LogP contribution is 2.34. The second-order valence-electron chi connectivity index (χ2n) is 10.4. The van der Waals surface area contributed by atoms with Crippen LogP contribution in [-0.4, -0.2) is 88.5 Å². The van der Waals surface area contributed by atoms with Crippen molar-refractivity contribution in [2.45, 2.75) is 25.3 Å². The first-order valence-corrected chi connectivity index (χ1v) is 13.7. The van der Waals surface area contributed by atoms with Crippen molar-refractivity contribution >= 4 is 17.8 Å². The maximum absolute atomic E-state index is 13.3. The van der Waals surface area contributed by atoms with E-state index in [1.54, 1.807) is 18.2 Å². The number of phenolic OH excluding ortho intramolecular Hbond substituents is 1. The second-order valence-corrected chi connectivity index (χ2v) is 10.4. The van der Waals surface area contributed by atoms with Crippen LogP contribution >= 0.6 is 0 Å². The lowest BCUT2D eigenvalue weighted by molar-refractivity contribution is -0.139. The molecule has 2 aromatic carbocycles. The Kier molecular flexibility index (Phi) is 7.30. The van der Waals surface area contributed by atoms with Gasteiger partial charge in [0.2, 0.25) is 17.8 Å². The summed E-state index contributed by atoms with van der Waals surface area (Å²) in [5.74, 6) is 1.60. The summed E-state index contributed by atoms with van der Waals surface area (Å²) in [6.07, 6.45) is 2.51. The van der Waals surface area contributed by atoms with E-state index in [2.05, 4.69) is 11.0 Å². The van der Waals surface area contributed by atoms with Gasteiger partial charge in [-0.15, -0.1) is 0 Å². The molecule has 0 radical (unpaired) electrons. The molecule has 2 saturated heterocycles. The number of nitrogens with zero attached hydrogens (tertiary/aromatic N) is 6. The van der Waals surface area contributed by atoms with Crippen LogP contribution in [0.1, 0.15) is 30.0 Å². The molecule has 39 heavy (non-hydrogen) atoms. The Hall–Kier alpha value is -3.76. The van der Waals surface area contributed by atoms with Gasteiger partial charge in [0.05, 0.1) is 31.8 Å². The van der Waals surface area contributed by atoms with Crippen LogP contribution in [0, 0.1) is 5.92 Å². The molecule has 2 fully saturated rings. The average Bonchev–Trinajstić information content (AvgIpc) is 3.00. The fourth-order valence-electron chi connectivity index (χ4n) is 5.89. The summed E-state index contributed by atoms with van der Waals surface area (Å²) < 4.78 is 5.43. The van der Waals surface area contributed by atoms with E-state index in [9.17, 15) is 15.0 Å². The molecule has 0 aliphatic carbocycles. The Balaban J connectivity index is 1.35. The number of fused-ring (bicyclic) bond motifs is 1. The SMILES string of the molecule is O=C(C1CCCN(c2nc(-c3cccc(O)c3)nc(N3CCc4ccccc4C3CO)n2)C1)N1CCOCC1. The summed E-state index contributed by atoms with van der Waals surface area (Å²) in [6, 6.07) is 14.8. The van der Waals surface area contributed by atoms with Gasteiger partial charge in [-0.2, -0.15) is 15.0 Å². The second kappa shape index (κ2) is 11.2. The van der Waals surface area contributed by atoms with Crippen molar-refractivity contribution in [3.8, 4) is 17.1 Å². The lowest BCUT2D eigenvalue weighted by Gasteiger charge is -2.38. The number of carbonyl (C=O) groups excluding carboxylic acids is 1. The van der Waals surface area contributed by atoms with Crippen molar-refractivity contribution < 1.29 is 19.7 Å². The van der Waals surface area contributed by atoms with Gasteiger partial charge in [0.1, 0.15) is 5.75 Å². The van der Waals surface area contributed by atoms with E-state index in [4.69, 9.17) is 19.7 Å². The standard InChI is InChI=1S/C29H34N6O4/c36-19-25-24-9-2-1-5-20(24)10-12-35(25)29-31-26(21-6-3-8-23(37)17-21)30-28(32-29)34-11-4-7-22(18-34)27(38)33-13-15-39-16-14-33/h1-3,5-6,8-9,17,22,25,36-37H,4,7,10-16,18-19H2. The molecule has 2 atom stereocenters. The molecule has 3 aromatic rings. The highest BCUT2D eigenvalue weighted by Gasteiger charge is 2.33. The third-order valence-corrected chi connectivity index (χ3v) is 7.93. The van der Waals surface area contributed by atoms with Crippen LogP contribution in [0.3, 0.4) is 0 Å². The lowest BCUT2D eigenvalue weighted by Crippen LogP contribution is -2.48. The Bertz CT molecular complexity index is 1330. The van der Waals surface area contributed by atoms with Crippen LogP contribution in [0.4, 0.5) is 11.9 Å². The van der Waals surface area contributed by atoms with E-state index in [-0.39, 0.29) is 30.2 Å². The number of anilines is 2. The Morgan fingerprint density at radius 1 is 0.974 bits per heavy atom. The van der Waals surface area contributed by atoms with Crippen molar-refractivity contribution in [3.63, 3.8) is 0 Å². The van der Waals surface area contributed by atoms with Gasteiger partial charge in [-0.05, 0) is 42.5 Å². The van der Waals surface area contributed by atoms with E-state index in [0.29, 0.717) is 62.7 Å². The minimum Gasteiger partial charge on any atom is -0.508 e. The maximum atomic E-state index is 13.3. The number of aromatic hydroxyl groups is 1. The molecule has 0 bridgehead atoms. The van der Waals surface area contributed by atoms with Gasteiger partial charge in [0.15, 0.2) is 5.82 Å². The zero-order chi connectivity index (χ0) is 26.8. The summed E-state index contributed by atoms with van der Waals surface area (Å²) in [6.45, 7) is 4.28. The number of amides is 1. The number of aromatic nitrogens is 3. The third kappa shape index (κ3) is 5.26. The van der Waals surface area contributed by atoms with E-state index in [1.807, 2.05) is 34.1 Å². The third-order valence-electron chi connectivity index (χ3n) is 7.93. The van der Waals surface area contributed by atoms with Gasteiger partial charge in [0, 0.05) is 38.3 Å². The number of phenols is 1. The normalized spacial score (nSPS) is 21.5. The van der Waals surface area contributed by atoms with Crippen LogP contribution in [-0.2, 0) is 16.0 Å². The number of piperidine rings is 1. The number of aliphatic hydroxyl groups is 1. The minimum atomic E-state index is -0.278. The molecule has 0 spiro atoms. The van der Waals surface area contributed by atoms with Gasteiger partial charge < -0.3 is 29.6 Å². The summed E-state index contributed by atoms with van der Waals surface area (Å²) in [5.41, 5.74) is 2.97. The predicted molar refractivity (Wildman–Crippen MR) is 147 cm³/mol. The maximum Gasteiger partial charge on any atom is 0.231 e. The molecule has 4 heterocycles. The predicted octanol–water partition coefficient (Wildman–Crippen LogP) is 2.42. The Morgan fingerprint density at radius 2 is 1.79 bits per heavy atom. The average molecular weight is 531 g/mol. The summed E-state index contributed by atoms with van der Waals surface area (Å²) in [4.78, 5) is 33.9. The summed E-state index contributed by atoms with van der Waals surface area (Å²) in [5, 5.41) is 20.6. The zero-order valence-electron chi connectivity index (χ0n) is 21.9. The number of hydrogen-bond donors (Lipinski definition) is 2. The molecule has 2 unspecified atom stereocenters. The van der Waals surface area contributed by atoms with Crippen molar-refractivity contribution in [2.24, 2.45) is 5.92 Å². The number of rotatable bonds is 5. The van der Waals surface area contributed by atoms with Crippen molar-refractivity contribution in [1.82, 2.24) is 19.9 Å². The first-order chi connectivity index (χ1) is 19.1. The van der Waals surface area contributed by atoms with E-state index < -0.39 is 0 Å². The number of ether oxygens (including phenoxy) is 1. The van der Waals surface area contributed by atoms with Crippen LogP contribution in [0.15, 0.2) is 48.5 Å². The number of benzene rings is 2. The highest BCUT2D eigenvalue weighted by atomic mass is 16.5. The molecule has 204 valence electrons. The molecule has 0 saturated carbocycles. The number of aliphatic hydroxyl groups excluding tert-OH is 1. The molecule has 10 nitrogen and oxygen atoms in total. The van der Waals surface area contributed by atoms with Crippen molar-refractivity contribution in [2.75, 3.05) is 62.3 Å². The molecular formula is C29H34N6O4. The van der Waals surface area contributed by atoms with Crippen LogP contribution in [0.25, 0.3) is 11.4 Å². The number of hydrogen-bond acceptors (Lipinski definition) is 9. The zero-order valence-corrected chi connectivity index (χ0v) is 21.9. The van der Waals surface area contributed by atoms with E-state index in [1.165, 1.54) is 5.56 Å². The molecule has 6 rings (SSSR count). The van der Waals surface area contributed by atoms with Gasteiger partial charge >= 0.3 is 0 Å². The quantitative estimate of drug-likeness (QED) is 0.513. The number of morpholine rings is 1. The Labute approximate surface area is 227 Å². The minimum absolute atomic E-state index is 0.0701. The van der Waals surface area contributed by atoms with Crippen LogP contribution in [0.5, 0.6) is 5.75 Å². The Morgan fingerprint density at radius 3 is 2.62 bits per heavy atom. The first-order valence-electron chi connectivity index (χ1n) is 13.7. The molecule has 3 aliphatic heterocycles. The van der Waals surface area contributed by atoms with Gasteiger partial charge in [-0.1, -0.05) is 36.4 Å². The molecule has 2 N–H and O–H groups in total. The monoisotopic (exact) mass is 530 g/mol. The van der Waals surface area contributed by atoms with Gasteiger partial charge in [0.25, 0.3) is 0 Å². The fourth-order valence-corrected chi connectivity index (χ4v) is 5.89. The van der Waals surface area contributed by atoms with Crippen LogP contribution in [0.2, 0.25) is 0 Å².